The maximum Gasteiger partial charge on any atom is 0.255 e. The van der Waals surface area contributed by atoms with Crippen LogP contribution in [0.25, 0.3) is 0 Å². The number of amides is 1. The summed E-state index contributed by atoms with van der Waals surface area (Å²) < 4.78 is 13.7. The predicted octanol–water partition coefficient (Wildman–Crippen LogP) is 8.66. The summed E-state index contributed by atoms with van der Waals surface area (Å²) in [4.78, 5) is 13.1. The second-order valence-corrected chi connectivity index (χ2v) is 11.8. The van der Waals surface area contributed by atoms with Crippen molar-refractivity contribution < 1.29 is 13.6 Å². The predicted molar refractivity (Wildman–Crippen MR) is 144 cm³/mol. The van der Waals surface area contributed by atoms with E-state index in [2.05, 4.69) is 62.8 Å². The van der Waals surface area contributed by atoms with E-state index >= 15 is 0 Å². The van der Waals surface area contributed by atoms with Crippen LogP contribution in [0.5, 0.6) is 0 Å². The van der Waals surface area contributed by atoms with Gasteiger partial charge in [-0.1, -0.05) is 75.7 Å². The molecule has 2 aromatic carbocycles. The normalized spacial score (nSPS) is 12.2. The summed E-state index contributed by atoms with van der Waals surface area (Å²) in [5.74, 6) is 2.86. The molecule has 2 heterocycles. The van der Waals surface area contributed by atoms with E-state index in [0.717, 1.165) is 33.1 Å². The Morgan fingerprint density at radius 1 is 0.743 bits per heavy atom. The highest BCUT2D eigenvalue weighted by molar-refractivity contribution is 9.10. The van der Waals surface area contributed by atoms with Crippen LogP contribution in [0.4, 0.5) is 5.69 Å². The summed E-state index contributed by atoms with van der Waals surface area (Å²) in [5.41, 5.74) is 1.95. The minimum absolute atomic E-state index is 0.127. The quantitative estimate of drug-likeness (QED) is 0.279. The van der Waals surface area contributed by atoms with Crippen molar-refractivity contribution in [2.24, 2.45) is 0 Å². The van der Waals surface area contributed by atoms with Crippen molar-refractivity contribution in [2.45, 2.75) is 58.3 Å². The van der Waals surface area contributed by atoms with E-state index in [1.807, 2.05) is 60.7 Å². The molecule has 1 N–H and O–H groups in total. The maximum absolute atomic E-state index is 13.1. The Balaban J connectivity index is 1.79. The zero-order valence-electron chi connectivity index (χ0n) is 21.1. The van der Waals surface area contributed by atoms with Crippen LogP contribution in [0, 0.1) is 0 Å². The van der Waals surface area contributed by atoms with Crippen LogP contribution in [0.15, 0.2) is 86.1 Å². The van der Waals surface area contributed by atoms with Gasteiger partial charge in [0.15, 0.2) is 0 Å². The lowest BCUT2D eigenvalue weighted by molar-refractivity contribution is 0.102. The van der Waals surface area contributed by atoms with E-state index in [4.69, 9.17) is 8.83 Å². The van der Waals surface area contributed by atoms with Crippen molar-refractivity contribution in [1.29, 1.82) is 0 Å². The molecule has 35 heavy (non-hydrogen) atoms. The molecule has 1 amide bonds. The van der Waals surface area contributed by atoms with E-state index in [-0.39, 0.29) is 22.7 Å². The maximum atomic E-state index is 13.1. The Hall–Kier alpha value is -3.05. The SMILES string of the molecule is CC(C)(C)c1ccc(C(c2ccc(C(C)(C)C)o2)c2ccccc2NC(=O)c2ccc(Br)cc2)o1. The first-order chi connectivity index (χ1) is 16.4. The lowest BCUT2D eigenvalue weighted by Gasteiger charge is -2.20. The number of benzene rings is 2. The van der Waals surface area contributed by atoms with Gasteiger partial charge in [-0.3, -0.25) is 4.79 Å². The molecule has 4 nitrogen and oxygen atoms in total. The summed E-state index contributed by atoms with van der Waals surface area (Å²) in [6.07, 6.45) is 0. The topological polar surface area (TPSA) is 55.4 Å². The Morgan fingerprint density at radius 3 is 1.74 bits per heavy atom. The first kappa shape index (κ1) is 25.1. The number of anilines is 1. The molecule has 0 unspecified atom stereocenters. The van der Waals surface area contributed by atoms with Crippen molar-refractivity contribution in [2.75, 3.05) is 5.32 Å². The van der Waals surface area contributed by atoms with Crippen molar-refractivity contribution >= 4 is 27.5 Å². The van der Waals surface area contributed by atoms with Crippen LogP contribution in [0.3, 0.4) is 0 Å². The molecule has 0 fully saturated rings. The molecular formula is C30H32BrNO3. The smallest absolute Gasteiger partial charge is 0.255 e. The molecule has 0 atom stereocenters. The Kier molecular flexibility index (Phi) is 6.83. The molecule has 5 heteroatoms. The number of carbonyl (C=O) groups excluding carboxylic acids is 1. The molecule has 0 aliphatic rings. The van der Waals surface area contributed by atoms with Crippen molar-refractivity contribution in [3.8, 4) is 0 Å². The van der Waals surface area contributed by atoms with Crippen LogP contribution < -0.4 is 5.32 Å². The Morgan fingerprint density at radius 2 is 1.26 bits per heavy atom. The highest BCUT2D eigenvalue weighted by Crippen LogP contribution is 2.40. The van der Waals surface area contributed by atoms with Crippen LogP contribution in [0.1, 0.15) is 86.4 Å². The summed E-state index contributed by atoms with van der Waals surface area (Å²) in [5, 5.41) is 3.10. The molecule has 0 aliphatic carbocycles. The van der Waals surface area contributed by atoms with Gasteiger partial charge < -0.3 is 14.2 Å². The highest BCUT2D eigenvalue weighted by Gasteiger charge is 2.30. The number of nitrogens with one attached hydrogen (secondary N) is 1. The van der Waals surface area contributed by atoms with Gasteiger partial charge in [0.1, 0.15) is 29.0 Å². The van der Waals surface area contributed by atoms with Gasteiger partial charge in [-0.2, -0.15) is 0 Å². The Labute approximate surface area is 215 Å². The molecule has 182 valence electrons. The van der Waals surface area contributed by atoms with E-state index in [0.29, 0.717) is 11.3 Å². The number of carbonyl (C=O) groups is 1. The molecule has 0 spiro atoms. The fourth-order valence-electron chi connectivity index (χ4n) is 3.93. The number of hydrogen-bond acceptors (Lipinski definition) is 3. The van der Waals surface area contributed by atoms with E-state index in [1.165, 1.54) is 0 Å². The highest BCUT2D eigenvalue weighted by atomic mass is 79.9. The second-order valence-electron chi connectivity index (χ2n) is 10.9. The van der Waals surface area contributed by atoms with Crippen LogP contribution >= 0.6 is 15.9 Å². The lowest BCUT2D eigenvalue weighted by Crippen LogP contribution is -2.15. The molecule has 0 aliphatic heterocycles. The van der Waals surface area contributed by atoms with E-state index in [9.17, 15) is 4.79 Å². The minimum Gasteiger partial charge on any atom is -0.464 e. The molecule has 4 aromatic rings. The molecule has 0 saturated heterocycles. The monoisotopic (exact) mass is 533 g/mol. The molecule has 2 aromatic heterocycles. The zero-order valence-corrected chi connectivity index (χ0v) is 22.7. The number of hydrogen-bond donors (Lipinski definition) is 1. The average molecular weight is 534 g/mol. The van der Waals surface area contributed by atoms with Crippen molar-refractivity contribution in [1.82, 2.24) is 0 Å². The molecule has 0 saturated carbocycles. The van der Waals surface area contributed by atoms with Gasteiger partial charge in [0.05, 0.1) is 0 Å². The van der Waals surface area contributed by atoms with E-state index < -0.39 is 0 Å². The van der Waals surface area contributed by atoms with Gasteiger partial charge >= 0.3 is 0 Å². The van der Waals surface area contributed by atoms with E-state index in [1.54, 1.807) is 12.1 Å². The third kappa shape index (κ3) is 5.62. The van der Waals surface area contributed by atoms with Gasteiger partial charge in [0, 0.05) is 26.6 Å². The lowest BCUT2D eigenvalue weighted by atomic mass is 9.92. The van der Waals surface area contributed by atoms with Gasteiger partial charge in [-0.25, -0.2) is 0 Å². The number of para-hydroxylation sites is 1. The van der Waals surface area contributed by atoms with Crippen molar-refractivity contribution in [3.05, 3.63) is 111 Å². The van der Waals surface area contributed by atoms with Gasteiger partial charge in [-0.05, 0) is 60.2 Å². The molecular weight excluding hydrogens is 502 g/mol. The third-order valence-corrected chi connectivity index (χ3v) is 6.46. The fourth-order valence-corrected chi connectivity index (χ4v) is 4.19. The first-order valence-electron chi connectivity index (χ1n) is 11.8. The number of halogens is 1. The standard InChI is InChI=1S/C30H32BrNO3/c1-29(2,3)25-17-15-23(34-25)27(24-16-18-26(35-24)30(4,5)6)21-9-7-8-10-22(21)32-28(33)19-11-13-20(31)14-12-19/h7-18,27H,1-6H3,(H,32,33). The summed E-state index contributed by atoms with van der Waals surface area (Å²) in [7, 11) is 0. The third-order valence-electron chi connectivity index (χ3n) is 5.93. The Bertz CT molecular complexity index is 1260. The van der Waals surface area contributed by atoms with Gasteiger partial charge in [0.2, 0.25) is 0 Å². The summed E-state index contributed by atoms with van der Waals surface area (Å²) >= 11 is 3.42. The average Bonchev–Trinajstić information content (AvgIpc) is 3.46. The molecule has 0 bridgehead atoms. The largest absolute Gasteiger partial charge is 0.464 e. The molecule has 4 rings (SSSR count). The summed E-state index contributed by atoms with van der Waals surface area (Å²) in [6.45, 7) is 12.8. The van der Waals surface area contributed by atoms with Gasteiger partial charge in [-0.15, -0.1) is 0 Å². The summed E-state index contributed by atoms with van der Waals surface area (Å²) in [6, 6.07) is 23.2. The molecule has 0 radical (unpaired) electrons. The fraction of sp³-hybridized carbons (Fsp3) is 0.300. The number of rotatable bonds is 5. The number of furan rings is 2. The van der Waals surface area contributed by atoms with Crippen molar-refractivity contribution in [3.63, 3.8) is 0 Å². The second kappa shape index (κ2) is 9.54. The van der Waals surface area contributed by atoms with Crippen LogP contribution in [0.2, 0.25) is 0 Å². The van der Waals surface area contributed by atoms with Crippen LogP contribution in [-0.2, 0) is 10.8 Å². The zero-order chi connectivity index (χ0) is 25.4. The van der Waals surface area contributed by atoms with Crippen LogP contribution in [-0.4, -0.2) is 5.91 Å². The van der Waals surface area contributed by atoms with Gasteiger partial charge in [0.25, 0.3) is 5.91 Å². The first-order valence-corrected chi connectivity index (χ1v) is 12.6. The minimum atomic E-state index is -0.316.